The molecule has 27 heavy (non-hydrogen) atoms. The number of carbonyl (C=O) groups excluding carboxylic acids is 1. The fourth-order valence-corrected chi connectivity index (χ4v) is 4.12. The highest BCUT2D eigenvalue weighted by atomic mass is 32.2. The van der Waals surface area contributed by atoms with Crippen LogP contribution in [0, 0.1) is 0 Å². The fourth-order valence-electron chi connectivity index (χ4n) is 2.86. The molecule has 0 saturated heterocycles. The number of aromatic nitrogens is 3. The summed E-state index contributed by atoms with van der Waals surface area (Å²) in [6, 6.07) is 11.5. The second-order valence-electron chi connectivity index (χ2n) is 5.74. The van der Waals surface area contributed by atoms with Crippen molar-refractivity contribution in [2.24, 2.45) is 0 Å². The first-order chi connectivity index (χ1) is 13.2. The molecule has 0 unspecified atom stereocenters. The molecule has 0 aliphatic carbocycles. The topological polar surface area (TPSA) is 68.2 Å². The molecule has 0 saturated carbocycles. The van der Waals surface area contributed by atoms with Crippen molar-refractivity contribution < 1.29 is 9.53 Å². The van der Waals surface area contributed by atoms with Crippen LogP contribution in [-0.4, -0.2) is 26.8 Å². The quantitative estimate of drug-likeness (QED) is 0.483. The van der Waals surface area contributed by atoms with Gasteiger partial charge in [-0.1, -0.05) is 42.1 Å². The maximum absolute atomic E-state index is 12.6. The van der Waals surface area contributed by atoms with Gasteiger partial charge in [0.1, 0.15) is 0 Å². The first kappa shape index (κ1) is 17.7. The molecule has 4 rings (SSSR count). The SMILES string of the molecule is C=CCSc1nnc2c(n1)O[C@H](c1cccs1)N(C(C)=O)c1ccccc1-2. The Labute approximate surface area is 164 Å². The van der Waals surface area contributed by atoms with Crippen LogP contribution in [0.1, 0.15) is 18.0 Å². The maximum atomic E-state index is 12.6. The number of ether oxygens (including phenoxy) is 1. The molecule has 2 aromatic heterocycles. The molecule has 1 amide bonds. The van der Waals surface area contributed by atoms with Crippen LogP contribution in [0.5, 0.6) is 5.88 Å². The summed E-state index contributed by atoms with van der Waals surface area (Å²) >= 11 is 2.95. The number of amides is 1. The van der Waals surface area contributed by atoms with E-state index in [1.807, 2.05) is 41.8 Å². The van der Waals surface area contributed by atoms with Crippen LogP contribution in [0.25, 0.3) is 11.3 Å². The van der Waals surface area contributed by atoms with E-state index < -0.39 is 6.23 Å². The number of rotatable bonds is 4. The highest BCUT2D eigenvalue weighted by Gasteiger charge is 2.34. The van der Waals surface area contributed by atoms with Gasteiger partial charge in [0.2, 0.25) is 23.2 Å². The van der Waals surface area contributed by atoms with Crippen LogP contribution < -0.4 is 9.64 Å². The molecular formula is C19H16N4O2S2. The van der Waals surface area contributed by atoms with E-state index in [2.05, 4.69) is 21.8 Å². The predicted molar refractivity (Wildman–Crippen MR) is 107 cm³/mol. The Morgan fingerprint density at radius 3 is 2.93 bits per heavy atom. The molecule has 6 nitrogen and oxygen atoms in total. The third-order valence-electron chi connectivity index (χ3n) is 3.97. The van der Waals surface area contributed by atoms with E-state index >= 15 is 0 Å². The zero-order valence-electron chi connectivity index (χ0n) is 14.5. The molecule has 3 aromatic rings. The van der Waals surface area contributed by atoms with Crippen LogP contribution in [0.3, 0.4) is 0 Å². The van der Waals surface area contributed by atoms with Crippen molar-refractivity contribution in [3.8, 4) is 17.1 Å². The smallest absolute Gasteiger partial charge is 0.247 e. The van der Waals surface area contributed by atoms with Crippen molar-refractivity contribution >= 4 is 34.7 Å². The van der Waals surface area contributed by atoms with Crippen molar-refractivity contribution in [2.45, 2.75) is 18.3 Å². The van der Waals surface area contributed by atoms with Crippen LogP contribution in [0.2, 0.25) is 0 Å². The van der Waals surface area contributed by atoms with E-state index in [1.165, 1.54) is 30.0 Å². The molecule has 1 aliphatic rings. The third kappa shape index (κ3) is 3.33. The van der Waals surface area contributed by atoms with Gasteiger partial charge in [-0.15, -0.1) is 28.1 Å². The number of hydrogen-bond donors (Lipinski definition) is 0. The van der Waals surface area contributed by atoms with Crippen LogP contribution >= 0.6 is 23.1 Å². The predicted octanol–water partition coefficient (Wildman–Crippen LogP) is 4.32. The lowest BCUT2D eigenvalue weighted by Crippen LogP contribution is -2.35. The van der Waals surface area contributed by atoms with Crippen LogP contribution in [0.4, 0.5) is 5.69 Å². The van der Waals surface area contributed by atoms with Gasteiger partial charge in [-0.3, -0.25) is 9.69 Å². The van der Waals surface area contributed by atoms with Crippen molar-refractivity contribution in [3.05, 3.63) is 59.3 Å². The van der Waals surface area contributed by atoms with Gasteiger partial charge in [0.05, 0.1) is 10.6 Å². The summed E-state index contributed by atoms with van der Waals surface area (Å²) < 4.78 is 6.24. The highest BCUT2D eigenvalue weighted by Crippen LogP contribution is 2.43. The van der Waals surface area contributed by atoms with E-state index in [-0.39, 0.29) is 5.91 Å². The molecule has 0 bridgehead atoms. The average Bonchev–Trinajstić information content (AvgIpc) is 3.16. The largest absolute Gasteiger partial charge is 0.446 e. The minimum absolute atomic E-state index is 0.122. The Balaban J connectivity index is 1.90. The van der Waals surface area contributed by atoms with Gasteiger partial charge in [0.25, 0.3) is 0 Å². The molecule has 0 radical (unpaired) electrons. The lowest BCUT2D eigenvalue weighted by Gasteiger charge is -2.28. The molecule has 1 atom stereocenters. The third-order valence-corrected chi connectivity index (χ3v) is 5.70. The van der Waals surface area contributed by atoms with Crippen LogP contribution in [0.15, 0.2) is 59.6 Å². The molecule has 0 fully saturated rings. The molecule has 0 spiro atoms. The molecule has 3 heterocycles. The minimum Gasteiger partial charge on any atom is -0.446 e. The van der Waals surface area contributed by atoms with E-state index in [1.54, 1.807) is 11.0 Å². The molecular weight excluding hydrogens is 380 g/mol. The number of benzene rings is 1. The second kappa shape index (κ2) is 7.50. The monoisotopic (exact) mass is 396 g/mol. The second-order valence-corrected chi connectivity index (χ2v) is 7.71. The van der Waals surface area contributed by atoms with Gasteiger partial charge in [-0.2, -0.15) is 4.98 Å². The van der Waals surface area contributed by atoms with Gasteiger partial charge in [-0.05, 0) is 17.5 Å². The van der Waals surface area contributed by atoms with Gasteiger partial charge >= 0.3 is 0 Å². The van der Waals surface area contributed by atoms with Crippen molar-refractivity contribution in [3.63, 3.8) is 0 Å². The summed E-state index contributed by atoms with van der Waals surface area (Å²) in [7, 11) is 0. The number of fused-ring (bicyclic) bond motifs is 3. The molecule has 136 valence electrons. The number of hydrogen-bond acceptors (Lipinski definition) is 7. The van der Waals surface area contributed by atoms with E-state index in [4.69, 9.17) is 4.74 Å². The average molecular weight is 396 g/mol. The summed E-state index contributed by atoms with van der Waals surface area (Å²) in [4.78, 5) is 19.7. The summed E-state index contributed by atoms with van der Waals surface area (Å²) in [6.45, 7) is 5.24. The molecule has 0 N–H and O–H groups in total. The van der Waals surface area contributed by atoms with Crippen molar-refractivity contribution in [1.82, 2.24) is 15.2 Å². The number of anilines is 1. The summed E-state index contributed by atoms with van der Waals surface area (Å²) in [5.74, 6) is 0.916. The van der Waals surface area contributed by atoms with E-state index in [9.17, 15) is 4.79 Å². The highest BCUT2D eigenvalue weighted by molar-refractivity contribution is 7.99. The zero-order chi connectivity index (χ0) is 18.8. The lowest BCUT2D eigenvalue weighted by atomic mass is 10.1. The van der Waals surface area contributed by atoms with Crippen molar-refractivity contribution in [2.75, 3.05) is 10.7 Å². The number of nitrogens with zero attached hydrogens (tertiary/aromatic N) is 4. The van der Waals surface area contributed by atoms with Gasteiger partial charge in [-0.25, -0.2) is 0 Å². The number of thiophene rings is 1. The van der Waals surface area contributed by atoms with Crippen molar-refractivity contribution in [1.29, 1.82) is 0 Å². The maximum Gasteiger partial charge on any atom is 0.247 e. The number of para-hydroxylation sites is 1. The number of carbonyl (C=O) groups is 1. The lowest BCUT2D eigenvalue weighted by molar-refractivity contribution is -0.118. The summed E-state index contributed by atoms with van der Waals surface area (Å²) in [5.41, 5.74) is 2.02. The fraction of sp³-hybridized carbons (Fsp3) is 0.158. The summed E-state index contributed by atoms with van der Waals surface area (Å²) in [5, 5.41) is 11.0. The first-order valence-electron chi connectivity index (χ1n) is 8.26. The van der Waals surface area contributed by atoms with E-state index in [0.717, 1.165) is 16.1 Å². The minimum atomic E-state index is -0.612. The zero-order valence-corrected chi connectivity index (χ0v) is 16.2. The van der Waals surface area contributed by atoms with Gasteiger partial charge in [0.15, 0.2) is 5.69 Å². The Bertz CT molecular complexity index is 991. The molecule has 1 aromatic carbocycles. The summed E-state index contributed by atoms with van der Waals surface area (Å²) in [6.07, 6.45) is 1.17. The Morgan fingerprint density at radius 1 is 1.33 bits per heavy atom. The molecule has 1 aliphatic heterocycles. The first-order valence-corrected chi connectivity index (χ1v) is 10.1. The Hall–Kier alpha value is -2.71. The van der Waals surface area contributed by atoms with Gasteiger partial charge < -0.3 is 4.74 Å². The molecule has 8 heteroatoms. The number of thioether (sulfide) groups is 1. The Morgan fingerprint density at radius 2 is 2.19 bits per heavy atom. The van der Waals surface area contributed by atoms with Crippen LogP contribution in [-0.2, 0) is 4.79 Å². The van der Waals surface area contributed by atoms with E-state index in [0.29, 0.717) is 22.5 Å². The Kier molecular flexibility index (Phi) is 4.91. The standard InChI is InChI=1S/C19H16N4O2S2/c1-3-10-27-19-20-17-16(21-22-19)13-7-4-5-8-14(13)23(12(2)24)18(25-17)15-9-6-11-26-15/h3-9,11,18H,1,10H2,2H3/t18-/m1/s1. The normalized spacial score (nSPS) is 15.3. The van der Waals surface area contributed by atoms with Gasteiger partial charge in [0, 0.05) is 18.2 Å².